The van der Waals surface area contributed by atoms with Crippen LogP contribution in [0.25, 0.3) is 0 Å². The minimum atomic E-state index is -0.883. The number of carboxylic acids is 1. The van der Waals surface area contributed by atoms with Gasteiger partial charge in [-0.15, -0.1) is 0 Å². The molecule has 2 aliphatic rings. The van der Waals surface area contributed by atoms with E-state index in [0.29, 0.717) is 0 Å². The third-order valence-electron chi connectivity index (χ3n) is 4.72. The van der Waals surface area contributed by atoms with E-state index in [9.17, 15) is 14.7 Å². The number of nitrogens with zero attached hydrogens (tertiary/aromatic N) is 1. The van der Waals surface area contributed by atoms with Crippen LogP contribution in [-0.4, -0.2) is 47.2 Å². The summed E-state index contributed by atoms with van der Waals surface area (Å²) in [6.45, 7) is 5.66. The molecule has 0 radical (unpaired) electrons. The highest BCUT2D eigenvalue weighted by molar-refractivity contribution is 5.86. The Balaban J connectivity index is 2.08. The molecular weight excluding hydrogens is 270 g/mol. The Bertz CT molecular complexity index is 376. The molecule has 2 saturated heterocycles. The van der Waals surface area contributed by atoms with Crippen LogP contribution in [0.15, 0.2) is 0 Å². The molecule has 0 aromatic rings. The van der Waals surface area contributed by atoms with E-state index in [4.69, 9.17) is 4.74 Å². The number of carbonyl (C=O) groups excluding carboxylic acids is 1. The first kappa shape index (κ1) is 16.3. The summed E-state index contributed by atoms with van der Waals surface area (Å²) in [5.41, 5.74) is 0. The molecule has 2 bridgehead atoms. The topological polar surface area (TPSA) is 66.8 Å². The smallest absolute Gasteiger partial charge is 0.310 e. The standard InChI is InChI=1S/C16H27NO4/c1-3-5-9-17(10-6-4-2)15(18)13-11-7-8-12(21-11)14(13)16(19)20/h11-14H,3-10H2,1-2H3,(H,19,20)/t11-,12-,13-,14-/m1/s1. The Morgan fingerprint density at radius 3 is 2.05 bits per heavy atom. The first-order chi connectivity index (χ1) is 10.1. The molecule has 0 unspecified atom stereocenters. The van der Waals surface area contributed by atoms with E-state index in [1.807, 2.05) is 4.90 Å². The zero-order valence-corrected chi connectivity index (χ0v) is 13.1. The number of aliphatic carboxylic acids is 1. The first-order valence-electron chi connectivity index (χ1n) is 8.27. The number of amides is 1. The predicted octanol–water partition coefficient (Wildman–Crippen LogP) is 2.29. The van der Waals surface area contributed by atoms with Crippen LogP contribution in [0.4, 0.5) is 0 Å². The fourth-order valence-corrected chi connectivity index (χ4v) is 3.55. The van der Waals surface area contributed by atoms with Crippen molar-refractivity contribution in [3.05, 3.63) is 0 Å². The molecule has 1 amide bonds. The number of ether oxygens (including phenoxy) is 1. The number of unbranched alkanes of at least 4 members (excludes halogenated alkanes) is 2. The molecule has 2 rings (SSSR count). The second-order valence-electron chi connectivity index (χ2n) is 6.21. The average molecular weight is 297 g/mol. The van der Waals surface area contributed by atoms with E-state index in [1.165, 1.54) is 0 Å². The van der Waals surface area contributed by atoms with E-state index < -0.39 is 17.8 Å². The van der Waals surface area contributed by atoms with Gasteiger partial charge in [-0.1, -0.05) is 26.7 Å². The molecule has 1 N–H and O–H groups in total. The van der Waals surface area contributed by atoms with E-state index in [-0.39, 0.29) is 18.1 Å². The van der Waals surface area contributed by atoms with Gasteiger partial charge in [0.2, 0.25) is 5.91 Å². The predicted molar refractivity (Wildman–Crippen MR) is 78.9 cm³/mol. The zero-order valence-electron chi connectivity index (χ0n) is 13.1. The Labute approximate surface area is 126 Å². The number of hydrogen-bond donors (Lipinski definition) is 1. The quantitative estimate of drug-likeness (QED) is 0.746. The van der Waals surface area contributed by atoms with Gasteiger partial charge in [-0.3, -0.25) is 9.59 Å². The second kappa shape index (κ2) is 7.25. The molecule has 2 fully saturated rings. The van der Waals surface area contributed by atoms with Crippen LogP contribution in [0.1, 0.15) is 52.4 Å². The highest BCUT2D eigenvalue weighted by Gasteiger charge is 2.56. The summed E-state index contributed by atoms with van der Waals surface area (Å²) >= 11 is 0. The molecule has 0 aliphatic carbocycles. The lowest BCUT2D eigenvalue weighted by Gasteiger charge is -2.30. The van der Waals surface area contributed by atoms with Crippen molar-refractivity contribution in [2.75, 3.05) is 13.1 Å². The first-order valence-corrected chi connectivity index (χ1v) is 8.27. The van der Waals surface area contributed by atoms with Crippen molar-refractivity contribution in [1.82, 2.24) is 4.90 Å². The van der Waals surface area contributed by atoms with Crippen LogP contribution in [0.5, 0.6) is 0 Å². The summed E-state index contributed by atoms with van der Waals surface area (Å²) in [6.07, 6.45) is 5.14. The van der Waals surface area contributed by atoms with Crippen LogP contribution in [-0.2, 0) is 14.3 Å². The molecule has 5 nitrogen and oxygen atoms in total. The number of fused-ring (bicyclic) bond motifs is 2. The summed E-state index contributed by atoms with van der Waals surface area (Å²) in [5.74, 6) is -2.01. The molecule has 5 heteroatoms. The van der Waals surface area contributed by atoms with Gasteiger partial charge in [0, 0.05) is 13.1 Å². The van der Waals surface area contributed by atoms with Gasteiger partial charge in [-0.05, 0) is 25.7 Å². The van der Waals surface area contributed by atoms with Crippen molar-refractivity contribution in [2.24, 2.45) is 11.8 Å². The highest BCUT2D eigenvalue weighted by atomic mass is 16.5. The van der Waals surface area contributed by atoms with Crippen molar-refractivity contribution in [3.8, 4) is 0 Å². The Morgan fingerprint density at radius 2 is 1.57 bits per heavy atom. The largest absolute Gasteiger partial charge is 0.481 e. The van der Waals surface area contributed by atoms with Crippen LogP contribution in [0.2, 0.25) is 0 Å². The summed E-state index contributed by atoms with van der Waals surface area (Å²) in [5, 5.41) is 9.44. The third kappa shape index (κ3) is 3.39. The van der Waals surface area contributed by atoms with Gasteiger partial charge < -0.3 is 14.7 Å². The van der Waals surface area contributed by atoms with Crippen molar-refractivity contribution in [1.29, 1.82) is 0 Å². The molecule has 2 heterocycles. The number of rotatable bonds is 8. The van der Waals surface area contributed by atoms with Crippen LogP contribution in [0, 0.1) is 11.8 Å². The van der Waals surface area contributed by atoms with Crippen molar-refractivity contribution in [3.63, 3.8) is 0 Å². The van der Waals surface area contributed by atoms with Gasteiger partial charge in [0.05, 0.1) is 24.0 Å². The number of hydrogen-bond acceptors (Lipinski definition) is 3. The van der Waals surface area contributed by atoms with Crippen molar-refractivity contribution < 1.29 is 19.4 Å². The van der Waals surface area contributed by atoms with Crippen molar-refractivity contribution in [2.45, 2.75) is 64.6 Å². The fourth-order valence-electron chi connectivity index (χ4n) is 3.55. The van der Waals surface area contributed by atoms with Crippen LogP contribution >= 0.6 is 0 Å². The normalized spacial score (nSPS) is 30.6. The molecule has 0 spiro atoms. The maximum absolute atomic E-state index is 12.8. The lowest BCUT2D eigenvalue weighted by molar-refractivity contribution is -0.151. The summed E-state index contributed by atoms with van der Waals surface area (Å²) in [4.78, 5) is 26.2. The lowest BCUT2D eigenvalue weighted by Crippen LogP contribution is -2.46. The number of carbonyl (C=O) groups is 2. The summed E-state index contributed by atoms with van der Waals surface area (Å²) < 4.78 is 5.71. The number of carboxylic acid groups (broad SMARTS) is 1. The molecule has 21 heavy (non-hydrogen) atoms. The lowest BCUT2D eigenvalue weighted by atomic mass is 9.78. The zero-order chi connectivity index (χ0) is 15.4. The molecule has 120 valence electrons. The summed E-state index contributed by atoms with van der Waals surface area (Å²) in [7, 11) is 0. The van der Waals surface area contributed by atoms with E-state index in [1.54, 1.807) is 0 Å². The molecule has 2 aliphatic heterocycles. The highest BCUT2D eigenvalue weighted by Crippen LogP contribution is 2.44. The molecule has 0 aromatic heterocycles. The molecular formula is C16H27NO4. The second-order valence-corrected chi connectivity index (χ2v) is 6.21. The minimum Gasteiger partial charge on any atom is -0.481 e. The van der Waals surface area contributed by atoms with Crippen LogP contribution in [0.3, 0.4) is 0 Å². The summed E-state index contributed by atoms with van der Waals surface area (Å²) in [6, 6.07) is 0. The molecule has 4 atom stereocenters. The monoisotopic (exact) mass is 297 g/mol. The average Bonchev–Trinajstić information content (AvgIpc) is 3.07. The Morgan fingerprint density at radius 1 is 1.05 bits per heavy atom. The minimum absolute atomic E-state index is 0.00324. The van der Waals surface area contributed by atoms with E-state index >= 15 is 0 Å². The van der Waals surface area contributed by atoms with Gasteiger partial charge in [0.15, 0.2) is 0 Å². The fraction of sp³-hybridized carbons (Fsp3) is 0.875. The SMILES string of the molecule is CCCCN(CCCC)C(=O)[C@H]1[C@H](C(=O)O)[C@H]2CC[C@H]1O2. The maximum atomic E-state index is 12.8. The maximum Gasteiger partial charge on any atom is 0.310 e. The van der Waals surface area contributed by atoms with Gasteiger partial charge in [-0.25, -0.2) is 0 Å². The van der Waals surface area contributed by atoms with Gasteiger partial charge in [-0.2, -0.15) is 0 Å². The molecule has 0 saturated carbocycles. The van der Waals surface area contributed by atoms with Crippen LogP contribution < -0.4 is 0 Å². The van der Waals surface area contributed by atoms with E-state index in [0.717, 1.165) is 51.6 Å². The van der Waals surface area contributed by atoms with Crippen molar-refractivity contribution >= 4 is 11.9 Å². The van der Waals surface area contributed by atoms with E-state index in [2.05, 4.69) is 13.8 Å². The van der Waals surface area contributed by atoms with Gasteiger partial charge in [0.1, 0.15) is 0 Å². The molecule has 0 aromatic carbocycles. The third-order valence-corrected chi connectivity index (χ3v) is 4.72. The Hall–Kier alpha value is -1.10. The Kier molecular flexibility index (Phi) is 5.62. The van der Waals surface area contributed by atoms with Gasteiger partial charge in [0.25, 0.3) is 0 Å². The van der Waals surface area contributed by atoms with Gasteiger partial charge >= 0.3 is 5.97 Å².